The fourth-order valence-corrected chi connectivity index (χ4v) is 4.86. The Kier molecular flexibility index (Phi) is 6.88. The lowest BCUT2D eigenvalue weighted by Gasteiger charge is -2.34. The lowest BCUT2D eigenvalue weighted by Crippen LogP contribution is -2.49. The molecule has 0 saturated carbocycles. The number of sulfonamides is 1. The number of hydrogen-bond donors (Lipinski definition) is 0. The summed E-state index contributed by atoms with van der Waals surface area (Å²) in [5, 5.41) is 0. The molecular weight excluding hydrogens is 354 g/mol. The van der Waals surface area contributed by atoms with E-state index < -0.39 is 10.0 Å². The van der Waals surface area contributed by atoms with Crippen molar-refractivity contribution in [1.82, 2.24) is 14.1 Å². The van der Waals surface area contributed by atoms with Crippen molar-refractivity contribution >= 4 is 10.0 Å². The largest absolute Gasteiger partial charge is 0.497 e. The summed E-state index contributed by atoms with van der Waals surface area (Å²) >= 11 is 0. The molecule has 2 aliphatic rings. The lowest BCUT2D eigenvalue weighted by atomic mass is 10.3. The van der Waals surface area contributed by atoms with Gasteiger partial charge < -0.3 is 14.4 Å². The summed E-state index contributed by atoms with van der Waals surface area (Å²) in [6.45, 7) is 8.50. The van der Waals surface area contributed by atoms with Crippen LogP contribution >= 0.6 is 0 Å². The number of rotatable bonds is 7. The van der Waals surface area contributed by atoms with Crippen LogP contribution in [0.5, 0.6) is 5.75 Å². The predicted octanol–water partition coefficient (Wildman–Crippen LogP) is 0.724. The molecular formula is C18H29N3O4S. The van der Waals surface area contributed by atoms with Crippen LogP contribution in [0.25, 0.3) is 0 Å². The molecule has 0 radical (unpaired) electrons. The Labute approximate surface area is 156 Å². The SMILES string of the molecule is COc1ccc(S(=O)(=O)N2CCN(CCCN3CCOCC3)CC2)cc1. The summed E-state index contributed by atoms with van der Waals surface area (Å²) in [6, 6.07) is 6.61. The average Bonchev–Trinajstić information content (AvgIpc) is 2.69. The summed E-state index contributed by atoms with van der Waals surface area (Å²) < 4.78 is 37.6. The Morgan fingerprint density at radius 3 is 2.08 bits per heavy atom. The van der Waals surface area contributed by atoms with Gasteiger partial charge in [-0.1, -0.05) is 0 Å². The van der Waals surface area contributed by atoms with Crippen molar-refractivity contribution in [2.24, 2.45) is 0 Å². The topological polar surface area (TPSA) is 62.3 Å². The standard InChI is InChI=1S/C18H29N3O4S/c1-24-17-3-5-18(6-4-17)26(22,23)21-11-9-19(10-12-21)7-2-8-20-13-15-25-16-14-20/h3-6H,2,7-16H2,1H3. The highest BCUT2D eigenvalue weighted by Gasteiger charge is 2.28. The number of methoxy groups -OCH3 is 1. The summed E-state index contributed by atoms with van der Waals surface area (Å²) in [5.74, 6) is 0.661. The Morgan fingerprint density at radius 1 is 0.923 bits per heavy atom. The fraction of sp³-hybridized carbons (Fsp3) is 0.667. The number of ether oxygens (including phenoxy) is 2. The van der Waals surface area contributed by atoms with Crippen LogP contribution in [-0.4, -0.2) is 95.2 Å². The molecule has 0 N–H and O–H groups in total. The normalized spacial score (nSPS) is 21.0. The molecule has 8 heteroatoms. The van der Waals surface area contributed by atoms with Crippen molar-refractivity contribution in [3.8, 4) is 5.75 Å². The van der Waals surface area contributed by atoms with E-state index in [9.17, 15) is 8.42 Å². The van der Waals surface area contributed by atoms with Crippen LogP contribution < -0.4 is 4.74 Å². The highest BCUT2D eigenvalue weighted by molar-refractivity contribution is 7.89. The number of piperazine rings is 1. The van der Waals surface area contributed by atoms with Gasteiger partial charge in [-0.25, -0.2) is 8.42 Å². The van der Waals surface area contributed by atoms with Gasteiger partial charge in [0.15, 0.2) is 0 Å². The van der Waals surface area contributed by atoms with E-state index in [4.69, 9.17) is 9.47 Å². The first kappa shape index (κ1) is 19.6. The van der Waals surface area contributed by atoms with Crippen molar-refractivity contribution < 1.29 is 17.9 Å². The first-order valence-electron chi connectivity index (χ1n) is 9.26. The lowest BCUT2D eigenvalue weighted by molar-refractivity contribution is 0.0356. The van der Waals surface area contributed by atoms with Crippen molar-refractivity contribution in [2.45, 2.75) is 11.3 Å². The summed E-state index contributed by atoms with van der Waals surface area (Å²) in [6.07, 6.45) is 1.12. The summed E-state index contributed by atoms with van der Waals surface area (Å²) in [4.78, 5) is 5.13. The van der Waals surface area contributed by atoms with Gasteiger partial charge in [-0.3, -0.25) is 4.90 Å². The van der Waals surface area contributed by atoms with Gasteiger partial charge in [0.2, 0.25) is 10.0 Å². The monoisotopic (exact) mass is 383 g/mol. The maximum absolute atomic E-state index is 12.8. The molecule has 0 atom stereocenters. The molecule has 0 spiro atoms. The zero-order valence-corrected chi connectivity index (χ0v) is 16.3. The van der Waals surface area contributed by atoms with Crippen LogP contribution in [0.3, 0.4) is 0 Å². The molecule has 2 heterocycles. The minimum Gasteiger partial charge on any atom is -0.497 e. The smallest absolute Gasteiger partial charge is 0.243 e. The summed E-state index contributed by atoms with van der Waals surface area (Å²) in [7, 11) is -1.85. The highest BCUT2D eigenvalue weighted by atomic mass is 32.2. The van der Waals surface area contributed by atoms with Gasteiger partial charge in [0, 0.05) is 39.3 Å². The minimum atomic E-state index is -3.42. The first-order valence-corrected chi connectivity index (χ1v) is 10.7. The molecule has 146 valence electrons. The number of morpholine rings is 1. The van der Waals surface area contributed by atoms with Crippen LogP contribution in [0.15, 0.2) is 29.2 Å². The molecule has 2 fully saturated rings. The second kappa shape index (κ2) is 9.14. The molecule has 7 nitrogen and oxygen atoms in total. The number of hydrogen-bond acceptors (Lipinski definition) is 6. The maximum Gasteiger partial charge on any atom is 0.243 e. The highest BCUT2D eigenvalue weighted by Crippen LogP contribution is 2.20. The van der Waals surface area contributed by atoms with Gasteiger partial charge in [0.25, 0.3) is 0 Å². The fourth-order valence-electron chi connectivity index (χ4n) is 3.43. The van der Waals surface area contributed by atoms with Crippen LogP contribution in [0, 0.1) is 0 Å². The van der Waals surface area contributed by atoms with Crippen LogP contribution in [0.2, 0.25) is 0 Å². The zero-order chi connectivity index (χ0) is 18.4. The van der Waals surface area contributed by atoms with Crippen molar-refractivity contribution in [2.75, 3.05) is 72.7 Å². The molecule has 0 bridgehead atoms. The second-order valence-corrected chi connectivity index (χ2v) is 8.67. The van der Waals surface area contributed by atoms with Crippen molar-refractivity contribution in [3.05, 3.63) is 24.3 Å². The molecule has 0 aromatic heterocycles. The molecule has 1 aromatic rings. The van der Waals surface area contributed by atoms with Crippen LogP contribution in [0.4, 0.5) is 0 Å². The Hall–Kier alpha value is -1.19. The van der Waals surface area contributed by atoms with Gasteiger partial charge in [-0.05, 0) is 43.8 Å². The van der Waals surface area contributed by atoms with E-state index in [0.717, 1.165) is 58.9 Å². The Morgan fingerprint density at radius 2 is 1.50 bits per heavy atom. The minimum absolute atomic E-state index is 0.332. The van der Waals surface area contributed by atoms with E-state index in [0.29, 0.717) is 23.7 Å². The average molecular weight is 384 g/mol. The second-order valence-electron chi connectivity index (χ2n) is 6.73. The predicted molar refractivity (Wildman–Crippen MR) is 100 cm³/mol. The van der Waals surface area contributed by atoms with Gasteiger partial charge >= 0.3 is 0 Å². The molecule has 26 heavy (non-hydrogen) atoms. The van der Waals surface area contributed by atoms with Crippen LogP contribution in [-0.2, 0) is 14.8 Å². The van der Waals surface area contributed by atoms with Gasteiger partial charge in [0.05, 0.1) is 25.2 Å². The summed E-state index contributed by atoms with van der Waals surface area (Å²) in [5.41, 5.74) is 0. The zero-order valence-electron chi connectivity index (χ0n) is 15.5. The van der Waals surface area contributed by atoms with Crippen molar-refractivity contribution in [3.63, 3.8) is 0 Å². The third-order valence-corrected chi connectivity index (χ3v) is 6.99. The number of benzene rings is 1. The molecule has 0 amide bonds. The van der Waals surface area contributed by atoms with Gasteiger partial charge in [-0.2, -0.15) is 4.31 Å². The first-order chi connectivity index (χ1) is 12.6. The quantitative estimate of drug-likeness (QED) is 0.692. The van der Waals surface area contributed by atoms with E-state index in [1.54, 1.807) is 35.7 Å². The van der Waals surface area contributed by atoms with E-state index in [2.05, 4.69) is 9.80 Å². The Balaban J connectivity index is 1.44. The van der Waals surface area contributed by atoms with E-state index >= 15 is 0 Å². The Bertz CT molecular complexity index is 652. The van der Waals surface area contributed by atoms with Gasteiger partial charge in [-0.15, -0.1) is 0 Å². The maximum atomic E-state index is 12.8. The third-order valence-electron chi connectivity index (χ3n) is 5.08. The molecule has 0 aliphatic carbocycles. The van der Waals surface area contributed by atoms with Gasteiger partial charge in [0.1, 0.15) is 5.75 Å². The van der Waals surface area contributed by atoms with E-state index in [-0.39, 0.29) is 0 Å². The molecule has 0 unspecified atom stereocenters. The van der Waals surface area contributed by atoms with E-state index in [1.807, 2.05) is 0 Å². The third kappa shape index (κ3) is 4.95. The molecule has 2 aliphatic heterocycles. The molecule has 2 saturated heterocycles. The van der Waals surface area contributed by atoms with Crippen LogP contribution in [0.1, 0.15) is 6.42 Å². The molecule has 3 rings (SSSR count). The van der Waals surface area contributed by atoms with E-state index in [1.165, 1.54) is 0 Å². The van der Waals surface area contributed by atoms with Crippen molar-refractivity contribution in [1.29, 1.82) is 0 Å². The number of nitrogens with zero attached hydrogens (tertiary/aromatic N) is 3. The molecule has 1 aromatic carbocycles.